The van der Waals surface area contributed by atoms with Crippen LogP contribution in [-0.4, -0.2) is 48.5 Å². The number of nitrogens with one attached hydrogen (secondary N) is 2. The molecule has 2 N–H and O–H groups in total. The van der Waals surface area contributed by atoms with Crippen LogP contribution >= 0.6 is 27.7 Å². The van der Waals surface area contributed by atoms with Gasteiger partial charge in [0.25, 0.3) is 0 Å². The molecule has 3 aromatic rings. The standard InChI is InChI=1S/C18H22BrN7S/c1-11-15(10-20-22-11)17(18-23-24-25-26(18)7-8-27-2)21-16-9-14(16)12-3-5-13(19)6-4-12/h3-6,10,14,16-17,21H,7-9H2,1-2H3,(H,20,22)/t14-,16+,17?/m0/s1. The maximum atomic E-state index is 4.34. The summed E-state index contributed by atoms with van der Waals surface area (Å²) in [7, 11) is 0. The number of hydrogen-bond acceptors (Lipinski definition) is 6. The SMILES string of the molecule is CSCCn1nnnc1C(N[C@@H]1C[C@H]1c1ccc(Br)cc1)c1cn[nH]c1C. The number of aromatic nitrogens is 6. The van der Waals surface area contributed by atoms with Crippen LogP contribution in [0.5, 0.6) is 0 Å². The number of nitrogens with zero attached hydrogens (tertiary/aromatic N) is 5. The summed E-state index contributed by atoms with van der Waals surface area (Å²) in [5.74, 6) is 2.33. The van der Waals surface area contributed by atoms with Crippen molar-refractivity contribution in [2.75, 3.05) is 12.0 Å². The van der Waals surface area contributed by atoms with Gasteiger partial charge in [0.15, 0.2) is 5.82 Å². The van der Waals surface area contributed by atoms with Gasteiger partial charge < -0.3 is 5.32 Å². The molecule has 0 radical (unpaired) electrons. The second-order valence-corrected chi connectivity index (χ2v) is 8.70. The van der Waals surface area contributed by atoms with Gasteiger partial charge in [0.05, 0.1) is 18.8 Å². The van der Waals surface area contributed by atoms with Crippen molar-refractivity contribution >= 4 is 27.7 Å². The molecule has 1 aliphatic rings. The number of rotatable bonds is 8. The van der Waals surface area contributed by atoms with E-state index in [1.807, 2.05) is 17.8 Å². The Morgan fingerprint density at radius 2 is 2.19 bits per heavy atom. The van der Waals surface area contributed by atoms with E-state index in [4.69, 9.17) is 0 Å². The fourth-order valence-corrected chi connectivity index (χ4v) is 4.00. The van der Waals surface area contributed by atoms with Crippen molar-refractivity contribution in [2.45, 2.75) is 37.9 Å². The van der Waals surface area contributed by atoms with Crippen molar-refractivity contribution in [3.05, 3.63) is 57.6 Å². The molecule has 1 saturated carbocycles. The summed E-state index contributed by atoms with van der Waals surface area (Å²) in [5.41, 5.74) is 3.49. The molecule has 4 rings (SSSR count). The second-order valence-electron chi connectivity index (χ2n) is 6.80. The molecular formula is C18H22BrN7S. The summed E-state index contributed by atoms with van der Waals surface area (Å²) < 4.78 is 3.01. The lowest BCUT2D eigenvalue weighted by Crippen LogP contribution is -2.29. The topological polar surface area (TPSA) is 84.3 Å². The van der Waals surface area contributed by atoms with Gasteiger partial charge in [0.1, 0.15) is 0 Å². The molecule has 1 fully saturated rings. The van der Waals surface area contributed by atoms with E-state index in [0.717, 1.165) is 40.3 Å². The van der Waals surface area contributed by atoms with Gasteiger partial charge in [-0.25, -0.2) is 4.68 Å². The molecule has 0 aliphatic heterocycles. The molecule has 0 bridgehead atoms. The number of halogens is 1. The molecule has 142 valence electrons. The number of thioether (sulfide) groups is 1. The van der Waals surface area contributed by atoms with E-state index in [0.29, 0.717) is 12.0 Å². The zero-order chi connectivity index (χ0) is 18.8. The van der Waals surface area contributed by atoms with Gasteiger partial charge in [-0.05, 0) is 47.7 Å². The van der Waals surface area contributed by atoms with Crippen LogP contribution in [0, 0.1) is 6.92 Å². The summed E-state index contributed by atoms with van der Waals surface area (Å²) in [5, 5.41) is 23.5. The van der Waals surface area contributed by atoms with E-state index < -0.39 is 0 Å². The van der Waals surface area contributed by atoms with Crippen LogP contribution in [0.3, 0.4) is 0 Å². The van der Waals surface area contributed by atoms with Crippen molar-refractivity contribution in [1.29, 1.82) is 0 Å². The molecule has 0 spiro atoms. The third-order valence-corrected chi connectivity index (χ3v) is 6.09. The summed E-state index contributed by atoms with van der Waals surface area (Å²) in [4.78, 5) is 0. The van der Waals surface area contributed by atoms with Crippen molar-refractivity contribution in [3.8, 4) is 0 Å². The van der Waals surface area contributed by atoms with E-state index in [1.165, 1.54) is 5.56 Å². The minimum absolute atomic E-state index is 0.0777. The van der Waals surface area contributed by atoms with Crippen molar-refractivity contribution < 1.29 is 0 Å². The quantitative estimate of drug-likeness (QED) is 0.551. The maximum absolute atomic E-state index is 4.34. The van der Waals surface area contributed by atoms with Crippen LogP contribution in [-0.2, 0) is 6.54 Å². The van der Waals surface area contributed by atoms with E-state index in [9.17, 15) is 0 Å². The average molecular weight is 448 g/mol. The lowest BCUT2D eigenvalue weighted by molar-refractivity contribution is 0.513. The summed E-state index contributed by atoms with van der Waals surface area (Å²) >= 11 is 5.29. The minimum atomic E-state index is -0.0777. The van der Waals surface area contributed by atoms with Gasteiger partial charge in [-0.2, -0.15) is 16.9 Å². The van der Waals surface area contributed by atoms with Crippen molar-refractivity contribution in [3.63, 3.8) is 0 Å². The number of tetrazole rings is 1. The lowest BCUT2D eigenvalue weighted by Gasteiger charge is -2.18. The van der Waals surface area contributed by atoms with Crippen LogP contribution in [0.1, 0.15) is 41.0 Å². The molecule has 3 atom stereocenters. The van der Waals surface area contributed by atoms with Gasteiger partial charge in [-0.3, -0.25) is 5.10 Å². The molecule has 1 aromatic carbocycles. The zero-order valence-electron chi connectivity index (χ0n) is 15.3. The predicted molar refractivity (Wildman–Crippen MR) is 110 cm³/mol. The van der Waals surface area contributed by atoms with Gasteiger partial charge in [-0.15, -0.1) is 5.10 Å². The fourth-order valence-electron chi connectivity index (χ4n) is 3.38. The smallest absolute Gasteiger partial charge is 0.172 e. The number of hydrogen-bond donors (Lipinski definition) is 2. The maximum Gasteiger partial charge on any atom is 0.172 e. The van der Waals surface area contributed by atoms with Gasteiger partial charge >= 0.3 is 0 Å². The number of aryl methyl sites for hydroxylation is 2. The molecule has 0 saturated heterocycles. The second kappa shape index (κ2) is 8.12. The van der Waals surface area contributed by atoms with Gasteiger partial charge in [-0.1, -0.05) is 28.1 Å². The highest BCUT2D eigenvalue weighted by atomic mass is 79.9. The van der Waals surface area contributed by atoms with Gasteiger partial charge in [0, 0.05) is 33.4 Å². The van der Waals surface area contributed by atoms with Crippen molar-refractivity contribution in [1.82, 2.24) is 35.7 Å². The predicted octanol–water partition coefficient (Wildman–Crippen LogP) is 3.07. The highest BCUT2D eigenvalue weighted by molar-refractivity contribution is 9.10. The molecule has 27 heavy (non-hydrogen) atoms. The van der Waals surface area contributed by atoms with Gasteiger partial charge in [0.2, 0.25) is 0 Å². The summed E-state index contributed by atoms with van der Waals surface area (Å²) in [6.45, 7) is 2.82. The van der Waals surface area contributed by atoms with E-state index in [1.54, 1.807) is 11.8 Å². The van der Waals surface area contributed by atoms with E-state index in [2.05, 4.69) is 77.5 Å². The van der Waals surface area contributed by atoms with Crippen LogP contribution in [0.15, 0.2) is 34.9 Å². The average Bonchev–Trinajstić information content (AvgIpc) is 3.07. The molecule has 2 aromatic heterocycles. The Bertz CT molecular complexity index is 891. The van der Waals surface area contributed by atoms with Crippen LogP contribution in [0.4, 0.5) is 0 Å². The Balaban J connectivity index is 1.56. The Hall–Kier alpha value is -1.71. The molecule has 1 unspecified atom stereocenters. The third kappa shape index (κ3) is 4.09. The highest BCUT2D eigenvalue weighted by Gasteiger charge is 2.41. The highest BCUT2D eigenvalue weighted by Crippen LogP contribution is 2.43. The molecular weight excluding hydrogens is 426 g/mol. The largest absolute Gasteiger partial charge is 0.300 e. The fraction of sp³-hybridized carbons (Fsp3) is 0.444. The first-order valence-corrected chi connectivity index (χ1v) is 11.1. The first-order chi connectivity index (χ1) is 13.2. The first-order valence-electron chi connectivity index (χ1n) is 8.93. The van der Waals surface area contributed by atoms with Crippen molar-refractivity contribution in [2.24, 2.45) is 0 Å². The third-order valence-electron chi connectivity index (χ3n) is 4.97. The van der Waals surface area contributed by atoms with E-state index in [-0.39, 0.29) is 6.04 Å². The minimum Gasteiger partial charge on any atom is -0.300 e. The number of aromatic amines is 1. The molecule has 2 heterocycles. The number of benzene rings is 1. The van der Waals surface area contributed by atoms with Crippen LogP contribution in [0.25, 0.3) is 0 Å². The van der Waals surface area contributed by atoms with Crippen LogP contribution in [0.2, 0.25) is 0 Å². The first kappa shape index (κ1) is 18.6. The lowest BCUT2D eigenvalue weighted by atomic mass is 10.1. The molecule has 9 heteroatoms. The normalized spacial score (nSPS) is 20.0. The number of H-pyrrole nitrogens is 1. The Kier molecular flexibility index (Phi) is 5.60. The summed E-state index contributed by atoms with van der Waals surface area (Å²) in [6, 6.07) is 8.91. The zero-order valence-corrected chi connectivity index (χ0v) is 17.7. The molecule has 7 nitrogen and oxygen atoms in total. The Morgan fingerprint density at radius 3 is 2.89 bits per heavy atom. The van der Waals surface area contributed by atoms with E-state index >= 15 is 0 Å². The molecule has 1 aliphatic carbocycles. The summed E-state index contributed by atoms with van der Waals surface area (Å²) in [6.07, 6.45) is 5.08. The van der Waals surface area contributed by atoms with Crippen LogP contribution < -0.4 is 5.32 Å². The monoisotopic (exact) mass is 447 g/mol. The Morgan fingerprint density at radius 1 is 1.37 bits per heavy atom. The molecule has 0 amide bonds. The Labute approximate surface area is 170 Å².